The molecule has 0 aliphatic carbocycles. The Hall–Kier alpha value is -2.36. The van der Waals surface area contributed by atoms with Gasteiger partial charge in [-0.1, -0.05) is 24.3 Å². The highest BCUT2D eigenvalue weighted by molar-refractivity contribution is 7.89. The number of rotatable bonds is 8. The molecule has 0 saturated carbocycles. The van der Waals surface area contributed by atoms with Crippen LogP contribution < -0.4 is 19.1 Å². The van der Waals surface area contributed by atoms with E-state index in [1.807, 2.05) is 26.8 Å². The monoisotopic (exact) mass is 450 g/mol. The van der Waals surface area contributed by atoms with E-state index in [-0.39, 0.29) is 15.8 Å². The third kappa shape index (κ3) is 4.23. The molecule has 0 spiro atoms. The molecule has 0 unspecified atom stereocenters. The van der Waals surface area contributed by atoms with E-state index in [4.69, 9.17) is 9.47 Å². The van der Waals surface area contributed by atoms with Gasteiger partial charge in [-0.2, -0.15) is 0 Å². The van der Waals surface area contributed by atoms with Gasteiger partial charge in [-0.15, -0.1) is 0 Å². The van der Waals surface area contributed by atoms with Crippen molar-refractivity contribution in [2.75, 3.05) is 14.2 Å². The van der Waals surface area contributed by atoms with Gasteiger partial charge in [0.2, 0.25) is 10.0 Å². The van der Waals surface area contributed by atoms with Crippen molar-refractivity contribution in [3.8, 4) is 11.5 Å². The highest BCUT2D eigenvalue weighted by atomic mass is 32.2. The molecule has 7 nitrogen and oxygen atoms in total. The number of thiazole rings is 1. The Balaban J connectivity index is 1.96. The average molecular weight is 451 g/mol. The summed E-state index contributed by atoms with van der Waals surface area (Å²) in [6.45, 7) is 5.76. The normalized spacial score (nSPS) is 13.0. The number of aromatic nitrogens is 1. The van der Waals surface area contributed by atoms with Crippen LogP contribution in [0.2, 0.25) is 0 Å². The summed E-state index contributed by atoms with van der Waals surface area (Å²) in [6, 6.07) is 9.69. The Labute approximate surface area is 180 Å². The van der Waals surface area contributed by atoms with Crippen LogP contribution in [0.1, 0.15) is 44.8 Å². The lowest BCUT2D eigenvalue weighted by Gasteiger charge is -2.19. The first-order chi connectivity index (χ1) is 14.2. The smallest absolute Gasteiger partial charge is 0.308 e. The lowest BCUT2D eigenvalue weighted by Crippen LogP contribution is -2.28. The fourth-order valence-corrected chi connectivity index (χ4v) is 5.85. The van der Waals surface area contributed by atoms with E-state index in [2.05, 4.69) is 4.72 Å². The minimum atomic E-state index is -3.80. The molecule has 0 amide bonds. The van der Waals surface area contributed by atoms with Crippen molar-refractivity contribution in [3.05, 3.63) is 51.6 Å². The maximum Gasteiger partial charge on any atom is 0.308 e. The number of fused-ring (bicyclic) bond motifs is 1. The molecule has 0 aliphatic rings. The van der Waals surface area contributed by atoms with Gasteiger partial charge in [-0.3, -0.25) is 9.36 Å². The molecule has 30 heavy (non-hydrogen) atoms. The Morgan fingerprint density at radius 1 is 1.07 bits per heavy atom. The van der Waals surface area contributed by atoms with Crippen LogP contribution in [0.5, 0.6) is 11.5 Å². The van der Waals surface area contributed by atoms with Gasteiger partial charge in [0.1, 0.15) is 0 Å². The fourth-order valence-electron chi connectivity index (χ4n) is 3.38. The van der Waals surface area contributed by atoms with Crippen LogP contribution in [-0.2, 0) is 10.0 Å². The number of hydrogen-bond acceptors (Lipinski definition) is 6. The Bertz CT molecular complexity index is 1210. The van der Waals surface area contributed by atoms with Crippen molar-refractivity contribution in [3.63, 3.8) is 0 Å². The van der Waals surface area contributed by atoms with E-state index < -0.39 is 16.1 Å². The summed E-state index contributed by atoms with van der Waals surface area (Å²) in [7, 11) is -0.708. The standard InChI is InChI=1S/C21H26N2O5S2/c1-6-16(14-7-10-18(27-4)19(11-14)28-5)22-30(25,26)15-8-9-17-20(12-15)29-21(24)23(17)13(2)3/h7-13,16,22H,6H2,1-5H3/t16-/m0/s1. The first-order valence-corrected chi connectivity index (χ1v) is 11.9. The van der Waals surface area contributed by atoms with Crippen molar-refractivity contribution < 1.29 is 17.9 Å². The lowest BCUT2D eigenvalue weighted by atomic mass is 10.1. The second-order valence-corrected chi connectivity index (χ2v) is 9.86. The number of methoxy groups -OCH3 is 2. The molecule has 1 aromatic heterocycles. The zero-order valence-corrected chi connectivity index (χ0v) is 19.3. The Morgan fingerprint density at radius 2 is 1.77 bits per heavy atom. The number of sulfonamides is 1. The molecule has 2 aromatic carbocycles. The fraction of sp³-hybridized carbons (Fsp3) is 0.381. The summed E-state index contributed by atoms with van der Waals surface area (Å²) >= 11 is 1.05. The topological polar surface area (TPSA) is 86.6 Å². The molecule has 0 fully saturated rings. The number of nitrogens with one attached hydrogen (secondary N) is 1. The van der Waals surface area contributed by atoms with E-state index in [9.17, 15) is 13.2 Å². The molecule has 0 radical (unpaired) electrons. The van der Waals surface area contributed by atoms with E-state index in [0.29, 0.717) is 22.6 Å². The van der Waals surface area contributed by atoms with Crippen LogP contribution in [0.25, 0.3) is 10.2 Å². The maximum atomic E-state index is 13.1. The second kappa shape index (κ2) is 8.79. The third-order valence-electron chi connectivity index (χ3n) is 4.93. The van der Waals surface area contributed by atoms with Gasteiger partial charge >= 0.3 is 4.87 Å². The quantitative estimate of drug-likeness (QED) is 0.559. The SMILES string of the molecule is CC[C@H](NS(=O)(=O)c1ccc2c(c1)sc(=O)n2C(C)C)c1ccc(OC)c(OC)c1. The molecular weight excluding hydrogens is 424 g/mol. The van der Waals surface area contributed by atoms with Crippen molar-refractivity contribution in [1.82, 2.24) is 9.29 Å². The summed E-state index contributed by atoms with van der Waals surface area (Å²) in [4.78, 5) is 12.3. The van der Waals surface area contributed by atoms with Crippen LogP contribution in [0.15, 0.2) is 46.1 Å². The van der Waals surface area contributed by atoms with E-state index in [0.717, 1.165) is 22.4 Å². The van der Waals surface area contributed by atoms with Gasteiger partial charge in [0.05, 0.1) is 29.3 Å². The van der Waals surface area contributed by atoms with E-state index in [1.165, 1.54) is 13.2 Å². The molecule has 0 bridgehead atoms. The van der Waals surface area contributed by atoms with Crippen LogP contribution in [0, 0.1) is 0 Å². The average Bonchev–Trinajstić information content (AvgIpc) is 3.06. The van der Waals surface area contributed by atoms with E-state index in [1.54, 1.807) is 35.9 Å². The summed E-state index contributed by atoms with van der Waals surface area (Å²) in [6.07, 6.45) is 0.550. The van der Waals surface area contributed by atoms with Gasteiger partial charge in [-0.05, 0) is 56.2 Å². The second-order valence-electron chi connectivity index (χ2n) is 7.16. The predicted octanol–water partition coefficient (Wildman–Crippen LogP) is 4.09. The maximum absolute atomic E-state index is 13.1. The lowest BCUT2D eigenvalue weighted by molar-refractivity contribution is 0.354. The Morgan fingerprint density at radius 3 is 2.37 bits per heavy atom. The molecule has 1 atom stereocenters. The third-order valence-corrected chi connectivity index (χ3v) is 7.31. The Kier molecular flexibility index (Phi) is 6.54. The molecule has 9 heteroatoms. The zero-order chi connectivity index (χ0) is 22.1. The number of nitrogens with zero attached hydrogens (tertiary/aromatic N) is 1. The van der Waals surface area contributed by atoms with Crippen LogP contribution in [0.3, 0.4) is 0 Å². The molecule has 0 saturated heterocycles. The van der Waals surface area contributed by atoms with Crippen molar-refractivity contribution in [2.24, 2.45) is 0 Å². The van der Waals surface area contributed by atoms with Gasteiger partial charge in [0, 0.05) is 12.1 Å². The molecule has 3 rings (SSSR count). The zero-order valence-electron chi connectivity index (χ0n) is 17.6. The summed E-state index contributed by atoms with van der Waals surface area (Å²) in [5.74, 6) is 1.11. The van der Waals surface area contributed by atoms with Gasteiger partial charge < -0.3 is 9.47 Å². The largest absolute Gasteiger partial charge is 0.493 e. The highest BCUT2D eigenvalue weighted by Crippen LogP contribution is 2.32. The number of ether oxygens (including phenoxy) is 2. The van der Waals surface area contributed by atoms with Gasteiger partial charge in [-0.25, -0.2) is 13.1 Å². The first kappa shape index (κ1) is 22.3. The minimum absolute atomic E-state index is 0.00126. The highest BCUT2D eigenvalue weighted by Gasteiger charge is 2.23. The summed E-state index contributed by atoms with van der Waals surface area (Å²) < 4.78 is 41.8. The predicted molar refractivity (Wildman–Crippen MR) is 119 cm³/mol. The summed E-state index contributed by atoms with van der Waals surface area (Å²) in [5, 5.41) is 0. The number of benzene rings is 2. The van der Waals surface area contributed by atoms with Crippen molar-refractivity contribution >= 4 is 31.6 Å². The van der Waals surface area contributed by atoms with Crippen LogP contribution in [0.4, 0.5) is 0 Å². The number of hydrogen-bond donors (Lipinski definition) is 1. The van der Waals surface area contributed by atoms with Crippen molar-refractivity contribution in [1.29, 1.82) is 0 Å². The van der Waals surface area contributed by atoms with Gasteiger partial charge in [0.25, 0.3) is 0 Å². The molecule has 3 aromatic rings. The van der Waals surface area contributed by atoms with Crippen LogP contribution >= 0.6 is 11.3 Å². The van der Waals surface area contributed by atoms with E-state index >= 15 is 0 Å². The molecular formula is C21H26N2O5S2. The molecule has 0 aliphatic heterocycles. The molecule has 1 N–H and O–H groups in total. The molecule has 1 heterocycles. The first-order valence-electron chi connectivity index (χ1n) is 9.61. The van der Waals surface area contributed by atoms with Gasteiger partial charge in [0.15, 0.2) is 11.5 Å². The van der Waals surface area contributed by atoms with Crippen molar-refractivity contribution in [2.45, 2.75) is 44.2 Å². The molecule has 162 valence electrons. The van der Waals surface area contributed by atoms with Crippen LogP contribution in [-0.4, -0.2) is 27.2 Å². The summed E-state index contributed by atoms with van der Waals surface area (Å²) in [5.41, 5.74) is 1.52. The minimum Gasteiger partial charge on any atom is -0.493 e.